The molecular formula is C16H20N2O4. The average molecular weight is 304 g/mol. The topological polar surface area (TPSA) is 83.7 Å². The number of aliphatic hydroxyl groups is 2. The number of nitrogens with zero attached hydrogens (tertiary/aromatic N) is 1. The Morgan fingerprint density at radius 3 is 2.59 bits per heavy atom. The van der Waals surface area contributed by atoms with Crippen LogP contribution in [0.3, 0.4) is 0 Å². The second kappa shape index (κ2) is 7.63. The number of rotatable bonds is 6. The maximum Gasteiger partial charge on any atom is 0.407 e. The van der Waals surface area contributed by atoms with Gasteiger partial charge in [-0.3, -0.25) is 0 Å². The molecule has 1 amide bonds. The van der Waals surface area contributed by atoms with Crippen LogP contribution in [-0.2, 0) is 18.4 Å². The summed E-state index contributed by atoms with van der Waals surface area (Å²) >= 11 is 0. The molecule has 1 heterocycles. The van der Waals surface area contributed by atoms with Gasteiger partial charge in [-0.05, 0) is 17.7 Å². The highest BCUT2D eigenvalue weighted by Crippen LogP contribution is 2.16. The van der Waals surface area contributed by atoms with Crippen LogP contribution in [0, 0.1) is 0 Å². The fraction of sp³-hybridized carbons (Fsp3) is 0.312. The highest BCUT2D eigenvalue weighted by atomic mass is 16.5. The van der Waals surface area contributed by atoms with E-state index in [2.05, 4.69) is 5.32 Å². The zero-order valence-corrected chi connectivity index (χ0v) is 12.3. The van der Waals surface area contributed by atoms with Gasteiger partial charge < -0.3 is 24.8 Å². The van der Waals surface area contributed by atoms with Crippen molar-refractivity contribution in [1.82, 2.24) is 9.88 Å². The van der Waals surface area contributed by atoms with E-state index in [1.54, 1.807) is 29.9 Å². The van der Waals surface area contributed by atoms with Crippen LogP contribution < -0.4 is 5.32 Å². The van der Waals surface area contributed by atoms with Crippen molar-refractivity contribution in [2.75, 3.05) is 6.54 Å². The van der Waals surface area contributed by atoms with Crippen molar-refractivity contribution in [3.8, 4) is 0 Å². The lowest BCUT2D eigenvalue weighted by molar-refractivity contribution is 0.0144. The molecule has 6 nitrogen and oxygen atoms in total. The molecule has 6 heteroatoms. The Balaban J connectivity index is 1.75. The van der Waals surface area contributed by atoms with Crippen LogP contribution in [0.2, 0.25) is 0 Å². The molecule has 22 heavy (non-hydrogen) atoms. The van der Waals surface area contributed by atoms with E-state index < -0.39 is 18.3 Å². The molecule has 0 saturated heterocycles. The second-order valence-corrected chi connectivity index (χ2v) is 5.00. The third-order valence-electron chi connectivity index (χ3n) is 3.32. The predicted octanol–water partition coefficient (Wildman–Crippen LogP) is 1.35. The Bertz CT molecular complexity index is 597. The van der Waals surface area contributed by atoms with Crippen molar-refractivity contribution < 1.29 is 19.7 Å². The van der Waals surface area contributed by atoms with Gasteiger partial charge in [0.25, 0.3) is 0 Å². The number of aliphatic hydroxyl groups excluding tert-OH is 2. The largest absolute Gasteiger partial charge is 0.445 e. The van der Waals surface area contributed by atoms with Crippen molar-refractivity contribution >= 4 is 6.09 Å². The molecule has 2 unspecified atom stereocenters. The van der Waals surface area contributed by atoms with E-state index in [0.29, 0.717) is 5.69 Å². The van der Waals surface area contributed by atoms with Gasteiger partial charge >= 0.3 is 6.09 Å². The summed E-state index contributed by atoms with van der Waals surface area (Å²) < 4.78 is 6.73. The molecule has 0 saturated carbocycles. The molecule has 2 rings (SSSR count). The molecule has 0 aliphatic carbocycles. The van der Waals surface area contributed by atoms with Crippen molar-refractivity contribution in [3.05, 3.63) is 59.9 Å². The monoisotopic (exact) mass is 304 g/mol. The first-order valence-electron chi connectivity index (χ1n) is 7.00. The Morgan fingerprint density at radius 2 is 1.95 bits per heavy atom. The fourth-order valence-electron chi connectivity index (χ4n) is 2.05. The highest BCUT2D eigenvalue weighted by Gasteiger charge is 2.21. The normalized spacial score (nSPS) is 13.4. The van der Waals surface area contributed by atoms with Crippen molar-refractivity contribution in [2.24, 2.45) is 7.05 Å². The molecule has 0 bridgehead atoms. The zero-order chi connectivity index (χ0) is 15.9. The molecule has 0 spiro atoms. The van der Waals surface area contributed by atoms with Crippen LogP contribution in [0.5, 0.6) is 0 Å². The molecule has 1 aromatic heterocycles. The van der Waals surface area contributed by atoms with Gasteiger partial charge in [0.1, 0.15) is 18.8 Å². The summed E-state index contributed by atoms with van der Waals surface area (Å²) in [4.78, 5) is 11.6. The minimum atomic E-state index is -1.11. The van der Waals surface area contributed by atoms with Gasteiger partial charge in [0.15, 0.2) is 0 Å². The minimum Gasteiger partial charge on any atom is -0.445 e. The number of carbonyl (C=O) groups is 1. The highest BCUT2D eigenvalue weighted by molar-refractivity contribution is 5.67. The van der Waals surface area contributed by atoms with Gasteiger partial charge in [-0.2, -0.15) is 0 Å². The maximum atomic E-state index is 11.6. The number of hydrogen-bond acceptors (Lipinski definition) is 4. The van der Waals surface area contributed by atoms with Gasteiger partial charge in [-0.25, -0.2) is 4.79 Å². The molecule has 3 N–H and O–H groups in total. The summed E-state index contributed by atoms with van der Waals surface area (Å²) in [7, 11) is 1.77. The number of ether oxygens (including phenoxy) is 1. The van der Waals surface area contributed by atoms with Crippen LogP contribution in [-0.4, -0.2) is 33.5 Å². The Morgan fingerprint density at radius 1 is 1.23 bits per heavy atom. The van der Waals surface area contributed by atoms with Gasteiger partial charge in [0, 0.05) is 25.5 Å². The van der Waals surface area contributed by atoms with Crippen LogP contribution in [0.15, 0.2) is 48.7 Å². The van der Waals surface area contributed by atoms with E-state index in [1.807, 2.05) is 30.3 Å². The fourth-order valence-corrected chi connectivity index (χ4v) is 2.05. The molecule has 0 aliphatic heterocycles. The predicted molar refractivity (Wildman–Crippen MR) is 81.0 cm³/mol. The molecule has 2 aromatic rings. The zero-order valence-electron chi connectivity index (χ0n) is 12.3. The van der Waals surface area contributed by atoms with Crippen molar-refractivity contribution in [2.45, 2.75) is 18.8 Å². The van der Waals surface area contributed by atoms with Gasteiger partial charge in [-0.1, -0.05) is 30.3 Å². The lowest BCUT2D eigenvalue weighted by Crippen LogP contribution is -2.36. The number of hydrogen-bond donors (Lipinski definition) is 3. The number of aryl methyl sites for hydroxylation is 1. The first kappa shape index (κ1) is 16.1. The average Bonchev–Trinajstić information content (AvgIpc) is 2.96. The SMILES string of the molecule is Cn1cccc1C(O)C(O)CNC(=O)OCc1ccccc1. The lowest BCUT2D eigenvalue weighted by Gasteiger charge is -2.19. The van der Waals surface area contributed by atoms with E-state index in [4.69, 9.17) is 4.74 Å². The summed E-state index contributed by atoms with van der Waals surface area (Å²) in [5.41, 5.74) is 1.45. The standard InChI is InChI=1S/C16H20N2O4/c1-18-9-5-8-13(18)15(20)14(19)10-17-16(21)22-11-12-6-3-2-4-7-12/h2-9,14-15,19-20H,10-11H2,1H3,(H,17,21). The molecule has 2 atom stereocenters. The van der Waals surface area contributed by atoms with E-state index in [1.165, 1.54) is 0 Å². The first-order valence-corrected chi connectivity index (χ1v) is 7.00. The molecule has 0 aliphatic rings. The van der Waals surface area contributed by atoms with Crippen LogP contribution in [0.1, 0.15) is 17.4 Å². The van der Waals surface area contributed by atoms with E-state index >= 15 is 0 Å². The number of benzene rings is 1. The smallest absolute Gasteiger partial charge is 0.407 e. The van der Waals surface area contributed by atoms with Crippen LogP contribution in [0.25, 0.3) is 0 Å². The van der Waals surface area contributed by atoms with Crippen molar-refractivity contribution in [3.63, 3.8) is 0 Å². The summed E-state index contributed by atoms with van der Waals surface area (Å²) in [5, 5.41) is 22.4. The van der Waals surface area contributed by atoms with Gasteiger partial charge in [-0.15, -0.1) is 0 Å². The summed E-state index contributed by atoms with van der Waals surface area (Å²) in [5.74, 6) is 0. The van der Waals surface area contributed by atoms with E-state index in [9.17, 15) is 15.0 Å². The number of aromatic nitrogens is 1. The van der Waals surface area contributed by atoms with Crippen molar-refractivity contribution in [1.29, 1.82) is 0 Å². The Labute approximate surface area is 129 Å². The molecule has 1 aromatic carbocycles. The second-order valence-electron chi connectivity index (χ2n) is 5.00. The Hall–Kier alpha value is -2.31. The number of amides is 1. The molecule has 0 radical (unpaired) electrons. The number of alkyl carbamates (subject to hydrolysis) is 1. The van der Waals surface area contributed by atoms with E-state index in [0.717, 1.165) is 5.56 Å². The molecule has 118 valence electrons. The summed E-state index contributed by atoms with van der Waals surface area (Å²) in [6.45, 7) is 0.0586. The maximum absolute atomic E-state index is 11.6. The number of carbonyl (C=O) groups excluding carboxylic acids is 1. The molecular weight excluding hydrogens is 284 g/mol. The molecule has 0 fully saturated rings. The summed E-state index contributed by atoms with van der Waals surface area (Å²) in [6.07, 6.45) is -1.05. The lowest BCUT2D eigenvalue weighted by atomic mass is 10.1. The third kappa shape index (κ3) is 4.34. The first-order chi connectivity index (χ1) is 10.6. The quantitative estimate of drug-likeness (QED) is 0.752. The summed E-state index contributed by atoms with van der Waals surface area (Å²) in [6, 6.07) is 12.8. The van der Waals surface area contributed by atoms with Crippen LogP contribution >= 0.6 is 0 Å². The minimum absolute atomic E-state index is 0.0973. The van der Waals surface area contributed by atoms with Gasteiger partial charge in [0.2, 0.25) is 0 Å². The van der Waals surface area contributed by atoms with E-state index in [-0.39, 0.29) is 13.2 Å². The number of nitrogens with one attached hydrogen (secondary N) is 1. The van der Waals surface area contributed by atoms with Gasteiger partial charge in [0.05, 0.1) is 0 Å². The van der Waals surface area contributed by atoms with Crippen LogP contribution in [0.4, 0.5) is 4.79 Å². The third-order valence-corrected chi connectivity index (χ3v) is 3.32. The Kier molecular flexibility index (Phi) is 5.57.